The molecule has 0 aliphatic carbocycles. The maximum absolute atomic E-state index is 10.0. The summed E-state index contributed by atoms with van der Waals surface area (Å²) >= 11 is -1.27. The van der Waals surface area contributed by atoms with Crippen molar-refractivity contribution < 1.29 is 46.4 Å². The van der Waals surface area contributed by atoms with Crippen LogP contribution in [-0.2, 0) is 36.2 Å². The minimum Gasteiger partial charge on any atom is -0.857 e. The van der Waals surface area contributed by atoms with Crippen molar-refractivity contribution in [3.63, 3.8) is 0 Å². The Bertz CT molecular complexity index is 112. The zero-order valence-electron chi connectivity index (χ0n) is 7.95. The quantitative estimate of drug-likeness (QED) is 0.506. The smallest absolute Gasteiger partial charge is 0.153 e. The van der Waals surface area contributed by atoms with Crippen LogP contribution in [0.3, 0.4) is 0 Å². The van der Waals surface area contributed by atoms with Crippen LogP contribution in [-0.4, -0.2) is 26.2 Å². The topological polar surface area (TPSA) is 98.7 Å². The minimum atomic E-state index is -1.27. The summed E-state index contributed by atoms with van der Waals surface area (Å²) in [7, 11) is 1.50. The second-order valence-corrected chi connectivity index (χ2v) is 2.17. The van der Waals surface area contributed by atoms with Crippen LogP contribution in [0, 0.1) is 0 Å². The Morgan fingerprint density at radius 3 is 1.31 bits per heavy atom. The van der Waals surface area contributed by atoms with Crippen molar-refractivity contribution in [2.24, 2.45) is 0 Å². The first kappa shape index (κ1) is 18.4. The molecule has 0 heterocycles. The van der Waals surface area contributed by atoms with E-state index in [1.165, 1.54) is 13.8 Å². The number of hydrogen-bond donors (Lipinski definition) is 0. The third kappa shape index (κ3) is 34.1. The Labute approximate surface area is 86.7 Å². The molecule has 0 bridgehead atoms. The van der Waals surface area contributed by atoms with Crippen LogP contribution in [0.15, 0.2) is 0 Å². The van der Waals surface area contributed by atoms with Crippen molar-refractivity contribution in [3.8, 4) is 0 Å². The molecule has 0 saturated heterocycles. The normalized spacial score (nSPS) is 6.00. The molecule has 0 aromatic rings. The predicted molar refractivity (Wildman–Crippen MR) is 35.4 cm³/mol. The van der Waals surface area contributed by atoms with E-state index in [4.69, 9.17) is 10.2 Å². The monoisotopic (exact) mass is 228 g/mol. The average molecular weight is 228 g/mol. The first-order valence-corrected chi connectivity index (χ1v) is 4.32. The second kappa shape index (κ2) is 17.6. The van der Waals surface area contributed by atoms with Gasteiger partial charge >= 0.3 is 61.9 Å². The molecule has 0 unspecified atom stereocenters. The van der Waals surface area contributed by atoms with Gasteiger partial charge in [0.15, 0.2) is 0 Å². The van der Waals surface area contributed by atoms with Gasteiger partial charge in [-0.15, -0.1) is 0 Å². The summed E-state index contributed by atoms with van der Waals surface area (Å²) in [5, 5.41) is 16.5. The van der Waals surface area contributed by atoms with Crippen molar-refractivity contribution in [3.05, 3.63) is 0 Å². The fourth-order valence-electron chi connectivity index (χ4n) is 0.138. The molecule has 0 aromatic heterocycles. The summed E-state index contributed by atoms with van der Waals surface area (Å²) in [4.78, 5) is 20.1. The molecule has 0 aliphatic heterocycles. The van der Waals surface area contributed by atoms with E-state index in [1.807, 2.05) is 0 Å². The molecular weight excluding hydrogens is 216 g/mol. The Morgan fingerprint density at radius 2 is 1.15 bits per heavy atom. The van der Waals surface area contributed by atoms with Gasteiger partial charge in [0.25, 0.3) is 0 Å². The SMILES string of the molecule is CC(=O)[O][Ti+2][O]C(C)=O.C[O-].C[O-]. The van der Waals surface area contributed by atoms with Crippen LogP contribution < -0.4 is 10.2 Å². The zero-order chi connectivity index (χ0) is 11.3. The molecule has 7 heteroatoms. The number of hydrogen-bond acceptors (Lipinski definition) is 6. The molecule has 0 amide bonds. The summed E-state index contributed by atoms with van der Waals surface area (Å²) in [6.07, 6.45) is 0. The van der Waals surface area contributed by atoms with Gasteiger partial charge in [0.2, 0.25) is 0 Å². The predicted octanol–water partition coefficient (Wildman–Crippen LogP) is -2.02. The van der Waals surface area contributed by atoms with Crippen LogP contribution in [0.1, 0.15) is 13.8 Å². The largest absolute Gasteiger partial charge is 0.857 e. The molecule has 0 aliphatic rings. The molecule has 0 spiro atoms. The van der Waals surface area contributed by atoms with Crippen molar-refractivity contribution in [2.45, 2.75) is 13.8 Å². The summed E-state index contributed by atoms with van der Waals surface area (Å²) in [6, 6.07) is 0. The van der Waals surface area contributed by atoms with Crippen LogP contribution in [0.4, 0.5) is 0 Å². The van der Waals surface area contributed by atoms with Gasteiger partial charge in [-0.25, -0.2) is 0 Å². The summed E-state index contributed by atoms with van der Waals surface area (Å²) in [5.41, 5.74) is 0. The molecule has 0 fully saturated rings. The van der Waals surface area contributed by atoms with Gasteiger partial charge in [-0.3, -0.25) is 0 Å². The van der Waals surface area contributed by atoms with Gasteiger partial charge in [0.1, 0.15) is 0 Å². The van der Waals surface area contributed by atoms with Gasteiger partial charge in [-0.1, -0.05) is 0 Å². The Balaban J connectivity index is -0.000000218. The average Bonchev–Trinajstić information content (AvgIpc) is 2.10. The van der Waals surface area contributed by atoms with Gasteiger partial charge in [-0.05, 0) is 0 Å². The summed E-state index contributed by atoms with van der Waals surface area (Å²) in [6.45, 7) is 2.54. The number of rotatable bonds is 2. The van der Waals surface area contributed by atoms with Crippen LogP contribution in [0.25, 0.3) is 0 Å². The standard InChI is InChI=1S/2C2H4O2.2CH3O.Ti/c2*1-2(3)4;2*1-2;/h2*1H3,(H,3,4);2*1H3;/q;;2*-1;+4/p-2. The third-order valence-electron chi connectivity index (χ3n) is 0.371. The number of carbonyl (C=O) groups excluding carboxylic acids is 2. The van der Waals surface area contributed by atoms with Crippen molar-refractivity contribution >= 4 is 11.9 Å². The van der Waals surface area contributed by atoms with Crippen LogP contribution in [0.5, 0.6) is 0 Å². The molecule has 0 N–H and O–H groups in total. The minimum absolute atomic E-state index is 0.406. The van der Waals surface area contributed by atoms with Crippen molar-refractivity contribution in [2.75, 3.05) is 14.2 Å². The molecule has 76 valence electrons. The molecular formula is C6H12O6Ti. The Hall–Kier alpha value is -0.426. The van der Waals surface area contributed by atoms with Crippen LogP contribution in [0.2, 0.25) is 0 Å². The number of carbonyl (C=O) groups is 2. The van der Waals surface area contributed by atoms with E-state index in [2.05, 4.69) is 6.64 Å². The van der Waals surface area contributed by atoms with E-state index in [-0.39, 0.29) is 0 Å². The fourth-order valence-corrected chi connectivity index (χ4v) is 0.570. The Kier molecular flexibility index (Phi) is 24.9. The van der Waals surface area contributed by atoms with E-state index in [0.29, 0.717) is 0 Å². The van der Waals surface area contributed by atoms with Crippen LogP contribution >= 0.6 is 0 Å². The van der Waals surface area contributed by atoms with Crippen molar-refractivity contribution in [1.82, 2.24) is 0 Å². The maximum atomic E-state index is 10.0. The van der Waals surface area contributed by atoms with Gasteiger partial charge in [-0.2, -0.15) is 14.2 Å². The van der Waals surface area contributed by atoms with Gasteiger partial charge in [0, 0.05) is 0 Å². The maximum Gasteiger partial charge on any atom is -0.153 e. The van der Waals surface area contributed by atoms with E-state index < -0.39 is 31.9 Å². The van der Waals surface area contributed by atoms with E-state index in [9.17, 15) is 9.59 Å². The van der Waals surface area contributed by atoms with E-state index in [1.54, 1.807) is 0 Å². The molecule has 0 atom stereocenters. The molecule has 0 aromatic carbocycles. The van der Waals surface area contributed by atoms with Crippen molar-refractivity contribution in [1.29, 1.82) is 0 Å². The zero-order valence-corrected chi connectivity index (χ0v) is 9.51. The fraction of sp³-hybridized carbons (Fsp3) is 0.667. The molecule has 0 rings (SSSR count). The second-order valence-electron chi connectivity index (χ2n) is 1.27. The third-order valence-corrected chi connectivity index (χ3v) is 1.53. The molecule has 6 nitrogen and oxygen atoms in total. The van der Waals surface area contributed by atoms with Gasteiger partial charge < -0.3 is 10.2 Å². The first-order chi connectivity index (χ1) is 6.13. The molecule has 0 saturated carbocycles. The molecule has 13 heavy (non-hydrogen) atoms. The van der Waals surface area contributed by atoms with Gasteiger partial charge in [0.05, 0.1) is 0 Å². The summed E-state index contributed by atoms with van der Waals surface area (Å²) in [5.74, 6) is -0.812. The van der Waals surface area contributed by atoms with E-state index in [0.717, 1.165) is 14.2 Å². The summed E-state index contributed by atoms with van der Waals surface area (Å²) < 4.78 is 8.79. The molecule has 0 radical (unpaired) electrons. The van der Waals surface area contributed by atoms with E-state index >= 15 is 0 Å². The first-order valence-electron chi connectivity index (χ1n) is 3.04. The Morgan fingerprint density at radius 1 is 0.923 bits per heavy atom.